The number of benzene rings is 2. The maximum Gasteiger partial charge on any atom is 0.223 e. The van der Waals surface area contributed by atoms with E-state index in [-0.39, 0.29) is 53.7 Å². The minimum absolute atomic E-state index is 0.0263. The lowest BCUT2D eigenvalue weighted by Crippen LogP contribution is -2.46. The molecule has 6 nitrogen and oxygen atoms in total. The molecule has 6 atom stereocenters. The van der Waals surface area contributed by atoms with Crippen LogP contribution in [0.4, 0.5) is 0 Å². The van der Waals surface area contributed by atoms with Gasteiger partial charge >= 0.3 is 0 Å². The molecule has 0 radical (unpaired) electrons. The summed E-state index contributed by atoms with van der Waals surface area (Å²) in [6.45, 7) is 8.19. The summed E-state index contributed by atoms with van der Waals surface area (Å²) in [5.41, 5.74) is 9.12. The van der Waals surface area contributed by atoms with E-state index < -0.39 is 5.92 Å². The van der Waals surface area contributed by atoms with Crippen molar-refractivity contribution in [1.82, 2.24) is 10.3 Å². The molecule has 4 N–H and O–H groups in total. The fourth-order valence-corrected chi connectivity index (χ4v) is 6.34. The van der Waals surface area contributed by atoms with Crippen LogP contribution in [0.3, 0.4) is 0 Å². The number of aromatic nitrogens is 1. The number of thioether (sulfide) groups is 1. The van der Waals surface area contributed by atoms with E-state index in [4.69, 9.17) is 5.73 Å². The van der Waals surface area contributed by atoms with Crippen LogP contribution in [0.2, 0.25) is 0 Å². The third-order valence-corrected chi connectivity index (χ3v) is 9.52. The summed E-state index contributed by atoms with van der Waals surface area (Å²) >= 11 is 1.69. The lowest BCUT2D eigenvalue weighted by Gasteiger charge is -2.31. The maximum absolute atomic E-state index is 13.8. The first kappa shape index (κ1) is 33.4. The largest absolute Gasteiger partial charge is 0.369 e. The average molecular weight is 592 g/mol. The van der Waals surface area contributed by atoms with Crippen LogP contribution in [0.1, 0.15) is 64.5 Å². The lowest BCUT2D eigenvalue weighted by molar-refractivity contribution is -0.131. The van der Waals surface area contributed by atoms with Crippen molar-refractivity contribution in [2.75, 3.05) is 12.0 Å². The third-order valence-electron chi connectivity index (χ3n) is 8.87. The molecule has 0 fully saturated rings. The molecule has 0 saturated heterocycles. The normalized spacial score (nSPS) is 15.8. The molecule has 0 spiro atoms. The molecule has 3 aromatic rings. The van der Waals surface area contributed by atoms with Crippen LogP contribution >= 0.6 is 11.8 Å². The Bertz CT molecular complexity index is 1290. The molecule has 2 aromatic carbocycles. The van der Waals surface area contributed by atoms with Gasteiger partial charge in [-0.25, -0.2) is 0 Å². The molecule has 1 heterocycles. The van der Waals surface area contributed by atoms with Crippen LogP contribution < -0.4 is 11.1 Å². The summed E-state index contributed by atoms with van der Waals surface area (Å²) in [7, 11) is 0. The number of rotatable bonds is 18. The Labute approximate surface area is 256 Å². The van der Waals surface area contributed by atoms with Gasteiger partial charge in [0.05, 0.1) is 0 Å². The van der Waals surface area contributed by atoms with Gasteiger partial charge in [0, 0.05) is 47.3 Å². The molecule has 228 valence electrons. The molecular formula is C35H49N3O3S. The zero-order valence-electron chi connectivity index (χ0n) is 25.9. The van der Waals surface area contributed by atoms with Crippen molar-refractivity contribution < 1.29 is 14.4 Å². The minimum atomic E-state index is -0.401. The number of hydrogen-bond acceptors (Lipinski definition) is 4. The van der Waals surface area contributed by atoms with E-state index in [0.29, 0.717) is 25.7 Å². The summed E-state index contributed by atoms with van der Waals surface area (Å²) < 4.78 is 0. The SMILES string of the molecule is CC[C@H](C)[C@H](CC(C)[C@H](Cc1ccccc1)NC(=O)[C@H](CCSC)CC(=O)[C@@H](C)Cc1c[nH]c2ccccc12)C(N)=O. The molecule has 0 aliphatic heterocycles. The van der Waals surface area contributed by atoms with Crippen molar-refractivity contribution >= 4 is 40.3 Å². The van der Waals surface area contributed by atoms with Crippen LogP contribution in [-0.2, 0) is 27.2 Å². The van der Waals surface area contributed by atoms with Gasteiger partial charge in [0.1, 0.15) is 5.78 Å². The van der Waals surface area contributed by atoms with Crippen LogP contribution in [0.25, 0.3) is 10.9 Å². The molecule has 7 heteroatoms. The molecule has 1 aromatic heterocycles. The van der Waals surface area contributed by atoms with Gasteiger partial charge in [-0.2, -0.15) is 11.8 Å². The summed E-state index contributed by atoms with van der Waals surface area (Å²) in [4.78, 5) is 42.9. The van der Waals surface area contributed by atoms with Crippen molar-refractivity contribution in [3.8, 4) is 0 Å². The predicted molar refractivity (Wildman–Crippen MR) is 175 cm³/mol. The fraction of sp³-hybridized carbons (Fsp3) is 0.514. The molecule has 0 saturated carbocycles. The van der Waals surface area contributed by atoms with Crippen molar-refractivity contribution in [3.63, 3.8) is 0 Å². The van der Waals surface area contributed by atoms with Gasteiger partial charge in [0.2, 0.25) is 11.8 Å². The van der Waals surface area contributed by atoms with E-state index in [1.54, 1.807) is 11.8 Å². The topological polar surface area (TPSA) is 105 Å². The first-order chi connectivity index (χ1) is 20.1. The summed E-state index contributed by atoms with van der Waals surface area (Å²) in [5.74, 6) is -0.0980. The van der Waals surface area contributed by atoms with Gasteiger partial charge in [-0.1, -0.05) is 82.6 Å². The van der Waals surface area contributed by atoms with Crippen LogP contribution in [0.5, 0.6) is 0 Å². The smallest absolute Gasteiger partial charge is 0.223 e. The number of Topliss-reactive ketones (excluding diaryl/α,β-unsaturated/α-hetero) is 1. The number of carbonyl (C=O) groups excluding carboxylic acids is 3. The molecule has 42 heavy (non-hydrogen) atoms. The van der Waals surface area contributed by atoms with Gasteiger partial charge in [-0.3, -0.25) is 14.4 Å². The number of carbonyl (C=O) groups is 3. The first-order valence-corrected chi connectivity index (χ1v) is 16.7. The number of H-pyrrole nitrogens is 1. The van der Waals surface area contributed by atoms with Crippen LogP contribution in [0, 0.1) is 29.6 Å². The number of aromatic amines is 1. The Balaban J connectivity index is 1.75. The molecule has 0 bridgehead atoms. The van der Waals surface area contributed by atoms with Crippen molar-refractivity contribution in [3.05, 3.63) is 71.9 Å². The highest BCUT2D eigenvalue weighted by Crippen LogP contribution is 2.27. The Morgan fingerprint density at radius 3 is 2.31 bits per heavy atom. The number of ketones is 1. The monoisotopic (exact) mass is 591 g/mol. The zero-order chi connectivity index (χ0) is 30.6. The number of para-hydroxylation sites is 1. The molecule has 3 rings (SSSR count). The second kappa shape index (κ2) is 16.5. The number of amides is 2. The molecule has 0 aliphatic carbocycles. The second-order valence-electron chi connectivity index (χ2n) is 12.0. The first-order valence-electron chi connectivity index (χ1n) is 15.3. The van der Waals surface area contributed by atoms with Crippen molar-refractivity contribution in [2.45, 2.75) is 72.3 Å². The van der Waals surface area contributed by atoms with Gasteiger partial charge in [-0.05, 0) is 66.7 Å². The fourth-order valence-electron chi connectivity index (χ4n) is 5.82. The lowest BCUT2D eigenvalue weighted by atomic mass is 9.80. The molecule has 0 aliphatic rings. The summed E-state index contributed by atoms with van der Waals surface area (Å²) in [6.07, 6.45) is 7.64. The highest BCUT2D eigenvalue weighted by molar-refractivity contribution is 7.98. The molecule has 1 unspecified atom stereocenters. The highest BCUT2D eigenvalue weighted by Gasteiger charge is 2.31. The van der Waals surface area contributed by atoms with E-state index in [1.807, 2.05) is 55.8 Å². The predicted octanol–water partition coefficient (Wildman–Crippen LogP) is 6.58. The Hall–Kier alpha value is -3.06. The zero-order valence-corrected chi connectivity index (χ0v) is 26.7. The van der Waals surface area contributed by atoms with Crippen molar-refractivity contribution in [1.29, 1.82) is 0 Å². The third kappa shape index (κ3) is 9.48. The Morgan fingerprint density at radius 1 is 0.952 bits per heavy atom. The number of fused-ring (bicyclic) bond motifs is 1. The quantitative estimate of drug-likeness (QED) is 0.155. The van der Waals surface area contributed by atoms with Crippen molar-refractivity contribution in [2.24, 2.45) is 35.3 Å². The van der Waals surface area contributed by atoms with Crippen LogP contribution in [-0.4, -0.2) is 40.6 Å². The molecule has 2 amide bonds. The maximum atomic E-state index is 13.8. The minimum Gasteiger partial charge on any atom is -0.369 e. The van der Waals surface area contributed by atoms with E-state index in [9.17, 15) is 14.4 Å². The Kier molecular flexibility index (Phi) is 13.2. The summed E-state index contributed by atoms with van der Waals surface area (Å²) in [5, 5.41) is 4.47. The second-order valence-corrected chi connectivity index (χ2v) is 13.0. The highest BCUT2D eigenvalue weighted by atomic mass is 32.2. The standard InChI is InChI=1S/C35H49N3O3S/c1-6-23(2)30(34(36)40)19-24(3)32(20-26-12-8-7-9-13-26)38-35(41)27(16-17-42-5)21-33(39)25(4)18-28-22-37-31-15-11-10-14-29(28)31/h7-15,22-25,27,30,32,37H,6,16-21H2,1-5H3,(H2,36,40)(H,38,41)/t23-,24?,25-,27+,30-,32-/m0/s1. The van der Waals surface area contributed by atoms with Gasteiger partial charge in [0.25, 0.3) is 0 Å². The Morgan fingerprint density at radius 2 is 1.64 bits per heavy atom. The van der Waals surface area contributed by atoms with E-state index in [2.05, 4.69) is 49.3 Å². The number of nitrogens with one attached hydrogen (secondary N) is 2. The summed E-state index contributed by atoms with van der Waals surface area (Å²) in [6, 6.07) is 18.0. The van der Waals surface area contributed by atoms with E-state index in [0.717, 1.165) is 34.2 Å². The van der Waals surface area contributed by atoms with Gasteiger partial charge < -0.3 is 16.0 Å². The van der Waals surface area contributed by atoms with Gasteiger partial charge in [-0.15, -0.1) is 0 Å². The van der Waals surface area contributed by atoms with Crippen LogP contribution in [0.15, 0.2) is 60.8 Å². The van der Waals surface area contributed by atoms with E-state index >= 15 is 0 Å². The number of primary amides is 1. The van der Waals surface area contributed by atoms with Gasteiger partial charge in [0.15, 0.2) is 0 Å². The number of hydrogen-bond donors (Lipinski definition) is 3. The number of nitrogens with two attached hydrogens (primary N) is 1. The van der Waals surface area contributed by atoms with E-state index in [1.165, 1.54) is 0 Å². The average Bonchev–Trinajstić information content (AvgIpc) is 3.39. The molecular weight excluding hydrogens is 542 g/mol.